The normalized spacial score (nSPS) is 13.1. The van der Waals surface area contributed by atoms with E-state index < -0.39 is 10.0 Å². The van der Waals surface area contributed by atoms with Crippen molar-refractivity contribution in [1.82, 2.24) is 15.4 Å². The van der Waals surface area contributed by atoms with Gasteiger partial charge in [0.1, 0.15) is 4.21 Å². The molecule has 3 N–H and O–H groups in total. The molecule has 0 aliphatic rings. The zero-order valence-corrected chi connectivity index (χ0v) is 18.8. The number of nitrogens with one attached hydrogen (secondary N) is 3. The van der Waals surface area contributed by atoms with Gasteiger partial charge in [0.2, 0.25) is 10.0 Å². The summed E-state index contributed by atoms with van der Waals surface area (Å²) in [5.41, 5.74) is 0. The molecule has 0 radical (unpaired) electrons. The molecule has 0 aliphatic carbocycles. The molecule has 2 aromatic rings. The summed E-state index contributed by atoms with van der Waals surface area (Å²) < 4.78 is 26.9. The Morgan fingerprint density at radius 1 is 1.16 bits per heavy atom. The first-order valence-corrected chi connectivity index (χ1v) is 10.8. The van der Waals surface area contributed by atoms with Gasteiger partial charge in [-0.3, -0.25) is 4.99 Å². The smallest absolute Gasteiger partial charge is 0.250 e. The third-order valence-electron chi connectivity index (χ3n) is 3.30. The minimum absolute atomic E-state index is 0. The maximum absolute atomic E-state index is 12.0. The standard InChI is InChI=1S/C15H22N4O2S3.HI/c1-12(13-5-3-9-22-13)11-18-15(16-2)17-7-8-19-24(20,21)14-6-4-10-23-14;/h3-6,9-10,12,19H,7-8,11H2,1-2H3,(H2,16,17,18);1H. The quantitative estimate of drug-likeness (QED) is 0.219. The second-order valence-electron chi connectivity index (χ2n) is 5.13. The third-order valence-corrected chi connectivity index (χ3v) is 7.26. The highest BCUT2D eigenvalue weighted by Gasteiger charge is 2.14. The van der Waals surface area contributed by atoms with Crippen molar-refractivity contribution < 1.29 is 8.42 Å². The highest BCUT2D eigenvalue weighted by molar-refractivity contribution is 14.0. The lowest BCUT2D eigenvalue weighted by atomic mass is 10.1. The SMILES string of the molecule is CN=C(NCCNS(=O)(=O)c1cccs1)NCC(C)c1cccs1.I. The van der Waals surface area contributed by atoms with Crippen LogP contribution in [0.3, 0.4) is 0 Å². The number of sulfonamides is 1. The van der Waals surface area contributed by atoms with Crippen molar-refractivity contribution in [3.8, 4) is 0 Å². The number of aliphatic imine (C=N–C) groups is 1. The Morgan fingerprint density at radius 2 is 1.88 bits per heavy atom. The molecule has 0 saturated heterocycles. The van der Waals surface area contributed by atoms with Crippen LogP contribution in [0.5, 0.6) is 0 Å². The molecule has 1 unspecified atom stereocenters. The summed E-state index contributed by atoms with van der Waals surface area (Å²) in [5.74, 6) is 1.05. The molecule has 0 bridgehead atoms. The van der Waals surface area contributed by atoms with Gasteiger partial charge >= 0.3 is 0 Å². The van der Waals surface area contributed by atoms with E-state index in [1.54, 1.807) is 35.9 Å². The first-order chi connectivity index (χ1) is 11.5. The van der Waals surface area contributed by atoms with Gasteiger partial charge in [0.15, 0.2) is 5.96 Å². The van der Waals surface area contributed by atoms with Crippen LogP contribution in [0.15, 0.2) is 44.2 Å². The Hall–Kier alpha value is -0.690. The zero-order valence-electron chi connectivity index (χ0n) is 14.1. The van der Waals surface area contributed by atoms with Crippen molar-refractivity contribution in [3.63, 3.8) is 0 Å². The first-order valence-electron chi connectivity index (χ1n) is 7.54. The van der Waals surface area contributed by atoms with Crippen LogP contribution in [-0.2, 0) is 10.0 Å². The molecule has 0 aromatic carbocycles. The molecular weight excluding hydrogens is 491 g/mol. The van der Waals surface area contributed by atoms with E-state index in [9.17, 15) is 8.42 Å². The lowest BCUT2D eigenvalue weighted by Crippen LogP contribution is -2.42. The molecule has 2 aromatic heterocycles. The summed E-state index contributed by atoms with van der Waals surface area (Å²) in [6, 6.07) is 7.47. The molecule has 140 valence electrons. The molecule has 0 aliphatic heterocycles. The van der Waals surface area contributed by atoms with Gasteiger partial charge in [-0.1, -0.05) is 19.1 Å². The number of hydrogen-bond acceptors (Lipinski definition) is 5. The molecule has 2 heterocycles. The average Bonchev–Trinajstić information content (AvgIpc) is 3.27. The molecule has 25 heavy (non-hydrogen) atoms. The maximum Gasteiger partial charge on any atom is 0.250 e. The van der Waals surface area contributed by atoms with E-state index in [0.717, 1.165) is 6.54 Å². The van der Waals surface area contributed by atoms with E-state index in [2.05, 4.69) is 38.7 Å². The molecule has 0 saturated carbocycles. The van der Waals surface area contributed by atoms with Crippen LogP contribution in [0.4, 0.5) is 0 Å². The number of thiophene rings is 2. The van der Waals surface area contributed by atoms with Gasteiger partial charge in [-0.15, -0.1) is 46.7 Å². The fourth-order valence-electron chi connectivity index (χ4n) is 2.00. The number of hydrogen-bond donors (Lipinski definition) is 3. The predicted molar refractivity (Wildman–Crippen MR) is 117 cm³/mol. The molecule has 0 spiro atoms. The van der Waals surface area contributed by atoms with Crippen molar-refractivity contribution >= 4 is 62.6 Å². The Kier molecular flexibility index (Phi) is 9.94. The van der Waals surface area contributed by atoms with Crippen molar-refractivity contribution in [2.24, 2.45) is 4.99 Å². The van der Waals surface area contributed by atoms with E-state index >= 15 is 0 Å². The second kappa shape index (κ2) is 11.1. The minimum Gasteiger partial charge on any atom is -0.356 e. The fraction of sp³-hybridized carbons (Fsp3) is 0.400. The van der Waals surface area contributed by atoms with Crippen molar-refractivity contribution in [3.05, 3.63) is 39.9 Å². The molecule has 0 amide bonds. The fourth-order valence-corrected chi connectivity index (χ4v) is 4.85. The largest absolute Gasteiger partial charge is 0.356 e. The van der Waals surface area contributed by atoms with Crippen LogP contribution >= 0.6 is 46.7 Å². The van der Waals surface area contributed by atoms with E-state index in [1.807, 2.05) is 6.07 Å². The van der Waals surface area contributed by atoms with Gasteiger partial charge in [0, 0.05) is 37.5 Å². The Bertz CT molecular complexity index is 731. The van der Waals surface area contributed by atoms with Crippen LogP contribution < -0.4 is 15.4 Å². The monoisotopic (exact) mass is 514 g/mol. The van der Waals surface area contributed by atoms with Crippen molar-refractivity contribution in [2.45, 2.75) is 17.1 Å². The molecule has 6 nitrogen and oxygen atoms in total. The van der Waals surface area contributed by atoms with Gasteiger partial charge in [-0.25, -0.2) is 13.1 Å². The molecular formula is C15H23IN4O2S3. The summed E-state index contributed by atoms with van der Waals surface area (Å²) >= 11 is 2.94. The average molecular weight is 514 g/mol. The van der Waals surface area contributed by atoms with E-state index in [1.165, 1.54) is 16.2 Å². The minimum atomic E-state index is -3.41. The summed E-state index contributed by atoms with van der Waals surface area (Å²) in [4.78, 5) is 5.47. The molecule has 1 atom stereocenters. The zero-order chi connectivity index (χ0) is 17.4. The molecule has 2 rings (SSSR count). The highest BCUT2D eigenvalue weighted by Crippen LogP contribution is 2.19. The highest BCUT2D eigenvalue weighted by atomic mass is 127. The van der Waals surface area contributed by atoms with Crippen LogP contribution in [0.25, 0.3) is 0 Å². The van der Waals surface area contributed by atoms with Crippen LogP contribution in [-0.4, -0.2) is 41.1 Å². The van der Waals surface area contributed by atoms with Crippen molar-refractivity contribution in [2.75, 3.05) is 26.7 Å². The van der Waals surface area contributed by atoms with E-state index in [0.29, 0.717) is 29.2 Å². The third kappa shape index (κ3) is 7.21. The number of halogens is 1. The molecule has 10 heteroatoms. The lowest BCUT2D eigenvalue weighted by Gasteiger charge is -2.15. The Morgan fingerprint density at radius 3 is 2.48 bits per heavy atom. The van der Waals surface area contributed by atoms with Gasteiger partial charge in [0.25, 0.3) is 0 Å². The number of nitrogens with zero attached hydrogens (tertiary/aromatic N) is 1. The van der Waals surface area contributed by atoms with Crippen molar-refractivity contribution in [1.29, 1.82) is 0 Å². The summed E-state index contributed by atoms with van der Waals surface area (Å²) in [7, 11) is -1.71. The summed E-state index contributed by atoms with van der Waals surface area (Å²) in [6.07, 6.45) is 0. The summed E-state index contributed by atoms with van der Waals surface area (Å²) in [6.45, 7) is 3.67. The van der Waals surface area contributed by atoms with Gasteiger partial charge in [-0.05, 0) is 22.9 Å². The Labute approximate surface area is 174 Å². The van der Waals surface area contributed by atoms with E-state index in [4.69, 9.17) is 0 Å². The summed E-state index contributed by atoms with van der Waals surface area (Å²) in [5, 5.41) is 10.2. The Balaban J connectivity index is 0.00000312. The van der Waals surface area contributed by atoms with Gasteiger partial charge < -0.3 is 10.6 Å². The maximum atomic E-state index is 12.0. The van der Waals surface area contributed by atoms with E-state index in [-0.39, 0.29) is 24.0 Å². The van der Waals surface area contributed by atoms with Crippen LogP contribution in [0.1, 0.15) is 17.7 Å². The van der Waals surface area contributed by atoms with Gasteiger partial charge in [0.05, 0.1) is 0 Å². The molecule has 0 fully saturated rings. The second-order valence-corrected chi connectivity index (χ2v) is 9.05. The number of guanidine groups is 1. The van der Waals surface area contributed by atoms with Crippen LogP contribution in [0, 0.1) is 0 Å². The lowest BCUT2D eigenvalue weighted by molar-refractivity contribution is 0.582. The van der Waals surface area contributed by atoms with Crippen LogP contribution in [0.2, 0.25) is 0 Å². The predicted octanol–water partition coefficient (Wildman–Crippen LogP) is 2.67. The first kappa shape index (κ1) is 22.4. The van der Waals surface area contributed by atoms with Gasteiger partial charge in [-0.2, -0.15) is 0 Å². The number of rotatable bonds is 8. The topological polar surface area (TPSA) is 82.6 Å².